The summed E-state index contributed by atoms with van der Waals surface area (Å²) in [5.41, 5.74) is 0. The first kappa shape index (κ1) is 13.1. The molecule has 0 aliphatic rings. The second-order valence-corrected chi connectivity index (χ2v) is 4.56. The number of alkyl halides is 3. The lowest BCUT2D eigenvalue weighted by molar-refractivity contribution is -0.302. The van der Waals surface area contributed by atoms with Gasteiger partial charge >= 0.3 is 14.6 Å². The third-order valence-corrected chi connectivity index (χ3v) is 1.70. The van der Waals surface area contributed by atoms with Crippen molar-refractivity contribution in [2.24, 2.45) is 0 Å². The smallest absolute Gasteiger partial charge is 0.502 e. The highest BCUT2D eigenvalue weighted by Crippen LogP contribution is 2.17. The fourth-order valence-electron chi connectivity index (χ4n) is 0. The number of rotatable bonds is 0. The lowest BCUT2D eigenvalue weighted by Crippen LogP contribution is -2.26. The Morgan fingerprint density at radius 3 is 1.45 bits per heavy atom. The summed E-state index contributed by atoms with van der Waals surface area (Å²) in [6, 6.07) is 0. The van der Waals surface area contributed by atoms with E-state index in [0.717, 1.165) is 6.92 Å². The van der Waals surface area contributed by atoms with Crippen LogP contribution in [0.25, 0.3) is 0 Å². The molecule has 0 fully saturated rings. The summed E-state index contributed by atoms with van der Waals surface area (Å²) < 4.78 is 33.7. The lowest BCUT2D eigenvalue weighted by atomic mass is 10.9. The molecule has 0 aromatic rings. The molecule has 0 aliphatic heterocycles. The minimum atomic E-state index is -3.90. The first-order chi connectivity index (χ1) is 4.68. The molecule has 0 rings (SSSR count). The average Bonchev–Trinajstić information content (AvgIpc) is 1.59. The highest BCUT2D eigenvalue weighted by atomic mass is 28.3. The number of carboxylic acid groups (broad SMARTS) is 1. The molecule has 0 saturated heterocycles. The van der Waals surface area contributed by atoms with Gasteiger partial charge < -0.3 is 9.90 Å². The first-order valence-corrected chi connectivity index (χ1v) is 5.23. The van der Waals surface area contributed by atoms with Crippen LogP contribution >= 0.6 is 0 Å². The van der Waals surface area contributed by atoms with Crippen LogP contribution in [0.15, 0.2) is 0 Å². The summed E-state index contributed by atoms with van der Waals surface area (Å²) >= 11 is 0. The molecule has 0 heterocycles. The number of carbonyl (C=O) groups is 1. The molecule has 2 nitrogen and oxygen atoms in total. The van der Waals surface area contributed by atoms with E-state index in [1.54, 1.807) is 0 Å². The van der Waals surface area contributed by atoms with Crippen LogP contribution in [0, 0.1) is 0 Å². The molecule has 0 saturated carbocycles. The SMILES string of the molecule is CC(=O)[O-].C[Si+](C)C(F)(F)F. The Balaban J connectivity index is 0. The van der Waals surface area contributed by atoms with Crippen molar-refractivity contribution in [2.45, 2.75) is 25.8 Å². The maximum absolute atomic E-state index is 11.2. The monoisotopic (exact) mass is 186 g/mol. The zero-order valence-electron chi connectivity index (χ0n) is 6.45. The van der Waals surface area contributed by atoms with E-state index in [9.17, 15) is 13.2 Å². The molecular weight excluding hydrogens is 177 g/mol. The molecule has 0 radical (unpaired) electrons. The molecule has 66 valence electrons. The van der Waals surface area contributed by atoms with Crippen molar-refractivity contribution in [2.75, 3.05) is 0 Å². The lowest BCUT2D eigenvalue weighted by Gasteiger charge is -1.92. The van der Waals surface area contributed by atoms with Crippen LogP contribution in [0.2, 0.25) is 13.1 Å². The number of hydrogen-bond acceptors (Lipinski definition) is 2. The minimum absolute atomic E-state index is 0.972. The summed E-state index contributed by atoms with van der Waals surface area (Å²) in [6.45, 7) is 3.43. The zero-order chi connectivity index (χ0) is 9.65. The third-order valence-electron chi connectivity index (χ3n) is 0.567. The zero-order valence-corrected chi connectivity index (χ0v) is 7.45. The maximum atomic E-state index is 11.2. The van der Waals surface area contributed by atoms with E-state index in [2.05, 4.69) is 0 Å². The highest BCUT2D eigenvalue weighted by Gasteiger charge is 2.48. The Labute approximate surface area is 64.6 Å². The molecule has 0 amide bonds. The third kappa shape index (κ3) is 17.7. The van der Waals surface area contributed by atoms with Crippen molar-refractivity contribution in [1.82, 2.24) is 0 Å². The van der Waals surface area contributed by atoms with Crippen molar-refractivity contribution in [3.8, 4) is 0 Å². The molecular formula is C5H9F3O2Si. The van der Waals surface area contributed by atoms with Crippen LogP contribution in [-0.4, -0.2) is 20.6 Å². The van der Waals surface area contributed by atoms with Crippen LogP contribution in [0.5, 0.6) is 0 Å². The van der Waals surface area contributed by atoms with Gasteiger partial charge in [-0.15, -0.1) is 13.2 Å². The molecule has 0 aromatic heterocycles. The molecule has 6 heteroatoms. The van der Waals surface area contributed by atoms with Gasteiger partial charge in [-0.3, -0.25) is 0 Å². The Hall–Kier alpha value is -0.523. The second-order valence-electron chi connectivity index (χ2n) is 1.99. The van der Waals surface area contributed by atoms with Crippen LogP contribution in [0.3, 0.4) is 0 Å². The van der Waals surface area contributed by atoms with Gasteiger partial charge in [0.25, 0.3) is 0 Å². The van der Waals surface area contributed by atoms with Crippen molar-refractivity contribution in [3.63, 3.8) is 0 Å². The van der Waals surface area contributed by atoms with Gasteiger partial charge in [-0.05, 0) is 6.92 Å². The van der Waals surface area contributed by atoms with E-state index in [1.807, 2.05) is 0 Å². The standard InChI is InChI=1S/C3H6F3Si.C2H4O2/c1-7(2)3(4,5)6;1-2(3)4/h1-2H3;1H3,(H,3,4)/q+1;/p-1. The van der Waals surface area contributed by atoms with Crippen LogP contribution < -0.4 is 5.11 Å². The van der Waals surface area contributed by atoms with Gasteiger partial charge in [0.2, 0.25) is 0 Å². The van der Waals surface area contributed by atoms with Crippen molar-refractivity contribution in [1.29, 1.82) is 0 Å². The first-order valence-electron chi connectivity index (χ1n) is 2.73. The van der Waals surface area contributed by atoms with E-state index in [0.29, 0.717) is 0 Å². The Morgan fingerprint density at radius 1 is 1.36 bits per heavy atom. The van der Waals surface area contributed by atoms with Gasteiger partial charge in [0.1, 0.15) is 0 Å². The van der Waals surface area contributed by atoms with Crippen molar-refractivity contribution in [3.05, 3.63) is 0 Å². The fraction of sp³-hybridized carbons (Fsp3) is 0.800. The number of hydrogen-bond donors (Lipinski definition) is 0. The highest BCUT2D eigenvalue weighted by molar-refractivity contribution is 6.57. The average molecular weight is 186 g/mol. The Morgan fingerprint density at radius 2 is 1.45 bits per heavy atom. The minimum Gasteiger partial charge on any atom is -0.550 e. The molecule has 0 aromatic carbocycles. The molecule has 0 aliphatic carbocycles. The van der Waals surface area contributed by atoms with E-state index < -0.39 is 20.6 Å². The normalized spacial score (nSPS) is 9.64. The van der Waals surface area contributed by atoms with E-state index in [-0.39, 0.29) is 0 Å². The largest absolute Gasteiger partial charge is 0.550 e. The van der Waals surface area contributed by atoms with Gasteiger partial charge in [-0.25, -0.2) is 0 Å². The van der Waals surface area contributed by atoms with Gasteiger partial charge in [0.15, 0.2) is 0 Å². The molecule has 0 N–H and O–H groups in total. The molecule has 0 spiro atoms. The Kier molecular flexibility index (Phi) is 6.15. The van der Waals surface area contributed by atoms with E-state index >= 15 is 0 Å². The molecule has 0 unspecified atom stereocenters. The van der Waals surface area contributed by atoms with Crippen molar-refractivity contribution < 1.29 is 23.1 Å². The summed E-state index contributed by atoms with van der Waals surface area (Å²) in [6.07, 6.45) is 0. The predicted octanol–water partition coefficient (Wildman–Crippen LogP) is 0.599. The second kappa shape index (κ2) is 5.17. The molecule has 0 atom stereocenters. The van der Waals surface area contributed by atoms with Crippen LogP contribution in [-0.2, 0) is 4.79 Å². The Bertz CT molecular complexity index is 117. The van der Waals surface area contributed by atoms with Gasteiger partial charge in [-0.1, -0.05) is 0 Å². The summed E-state index contributed by atoms with van der Waals surface area (Å²) in [4.78, 5) is 8.89. The van der Waals surface area contributed by atoms with Gasteiger partial charge in [0.05, 0.1) is 13.1 Å². The quantitative estimate of drug-likeness (QED) is 0.520. The van der Waals surface area contributed by atoms with Crippen molar-refractivity contribution >= 4 is 14.8 Å². The number of carboxylic acids is 1. The summed E-state index contributed by atoms with van der Waals surface area (Å²) in [5, 5.41) is 8.89. The maximum Gasteiger partial charge on any atom is 0.502 e. The number of carbonyl (C=O) groups excluding carboxylic acids is 1. The van der Waals surface area contributed by atoms with E-state index in [1.165, 1.54) is 13.1 Å². The van der Waals surface area contributed by atoms with Crippen LogP contribution in [0.4, 0.5) is 13.2 Å². The summed E-state index contributed by atoms with van der Waals surface area (Å²) in [7, 11) is -2.05. The predicted molar refractivity (Wildman–Crippen MR) is 34.2 cm³/mol. The van der Waals surface area contributed by atoms with E-state index in [4.69, 9.17) is 9.90 Å². The van der Waals surface area contributed by atoms with Crippen LogP contribution in [0.1, 0.15) is 6.92 Å². The fourth-order valence-corrected chi connectivity index (χ4v) is 0. The topological polar surface area (TPSA) is 40.1 Å². The number of aliphatic carboxylic acids is 1. The molecule has 0 bridgehead atoms. The summed E-state index contributed by atoms with van der Waals surface area (Å²) in [5.74, 6) is -4.98. The van der Waals surface area contributed by atoms with Gasteiger partial charge in [-0.2, -0.15) is 0 Å². The number of halogens is 3. The molecule has 11 heavy (non-hydrogen) atoms. The van der Waals surface area contributed by atoms with Gasteiger partial charge in [0, 0.05) is 5.97 Å².